The minimum atomic E-state index is -0.344. The van der Waals surface area contributed by atoms with Gasteiger partial charge in [0.05, 0.1) is 0 Å². The van der Waals surface area contributed by atoms with E-state index in [1.54, 1.807) is 36.1 Å². The lowest BCUT2D eigenvalue weighted by atomic mass is 10.1. The maximum atomic E-state index is 12.7. The van der Waals surface area contributed by atoms with E-state index in [9.17, 15) is 14.4 Å². The van der Waals surface area contributed by atoms with Gasteiger partial charge in [0.25, 0.3) is 5.91 Å². The van der Waals surface area contributed by atoms with Crippen LogP contribution in [0.15, 0.2) is 48.5 Å². The van der Waals surface area contributed by atoms with Crippen LogP contribution in [-0.2, 0) is 4.79 Å². The van der Waals surface area contributed by atoms with Crippen LogP contribution < -0.4 is 25.8 Å². The van der Waals surface area contributed by atoms with Gasteiger partial charge < -0.3 is 20.9 Å². The molecule has 2 heterocycles. The van der Waals surface area contributed by atoms with Crippen LogP contribution in [0.25, 0.3) is 0 Å². The lowest BCUT2D eigenvalue weighted by molar-refractivity contribution is -0.116. The van der Waals surface area contributed by atoms with Crippen molar-refractivity contribution in [1.82, 2.24) is 10.6 Å². The van der Waals surface area contributed by atoms with E-state index in [-0.39, 0.29) is 30.3 Å². The van der Waals surface area contributed by atoms with Gasteiger partial charge in [-0.3, -0.25) is 14.5 Å². The van der Waals surface area contributed by atoms with Crippen molar-refractivity contribution in [1.29, 1.82) is 0 Å². The number of hydrogen-bond donors (Lipinski definition) is 3. The molecule has 2 aromatic carbocycles. The molecule has 1 unspecified atom stereocenters. The highest BCUT2D eigenvalue weighted by atomic mass is 16.2. The zero-order valence-electron chi connectivity index (χ0n) is 18.3. The van der Waals surface area contributed by atoms with E-state index in [0.29, 0.717) is 24.3 Å². The predicted octanol–water partition coefficient (Wildman–Crippen LogP) is 2.96. The fourth-order valence-electron chi connectivity index (χ4n) is 4.14. The lowest BCUT2D eigenvalue weighted by Crippen LogP contribution is -2.35. The quantitative estimate of drug-likeness (QED) is 0.623. The van der Waals surface area contributed by atoms with E-state index in [4.69, 9.17) is 0 Å². The molecule has 2 aliphatic rings. The molecule has 8 heteroatoms. The Morgan fingerprint density at radius 1 is 1.03 bits per heavy atom. The van der Waals surface area contributed by atoms with E-state index in [0.717, 1.165) is 24.5 Å². The number of carbonyl (C=O) groups is 3. The first-order valence-electron chi connectivity index (χ1n) is 11.1. The van der Waals surface area contributed by atoms with Crippen LogP contribution in [0.5, 0.6) is 0 Å². The standard InChI is InChI=1S/C24H29N5O3/c1-17(14-22(30)27-19-7-5-8-20(16-19)28-11-2-3-12-28)26-23(31)18-6-4-9-21(15-18)29-13-10-25-24(29)32/h4-9,15-17H,2-3,10-14H2,1H3,(H,25,32)(H,26,31)(H,27,30). The van der Waals surface area contributed by atoms with Gasteiger partial charge in [0.15, 0.2) is 0 Å². The molecule has 32 heavy (non-hydrogen) atoms. The fraction of sp³-hybridized carbons (Fsp3) is 0.375. The van der Waals surface area contributed by atoms with Crippen molar-refractivity contribution in [3.05, 3.63) is 54.1 Å². The van der Waals surface area contributed by atoms with Gasteiger partial charge >= 0.3 is 6.03 Å². The Kier molecular flexibility index (Phi) is 6.58. The molecule has 0 radical (unpaired) electrons. The number of hydrogen-bond acceptors (Lipinski definition) is 4. The van der Waals surface area contributed by atoms with Crippen LogP contribution in [0.3, 0.4) is 0 Å². The summed E-state index contributed by atoms with van der Waals surface area (Å²) in [6.45, 7) is 5.05. The van der Waals surface area contributed by atoms with E-state index < -0.39 is 0 Å². The Hall–Kier alpha value is -3.55. The summed E-state index contributed by atoms with van der Waals surface area (Å²) in [5, 5.41) is 8.55. The first kappa shape index (κ1) is 21.7. The summed E-state index contributed by atoms with van der Waals surface area (Å²) in [5.74, 6) is -0.429. The molecule has 0 aliphatic carbocycles. The molecular formula is C24H29N5O3. The Labute approximate surface area is 188 Å². The maximum absolute atomic E-state index is 12.7. The van der Waals surface area contributed by atoms with Gasteiger partial charge in [-0.15, -0.1) is 0 Å². The van der Waals surface area contributed by atoms with Crippen molar-refractivity contribution in [2.75, 3.05) is 41.3 Å². The average molecular weight is 436 g/mol. The van der Waals surface area contributed by atoms with Gasteiger partial charge in [0.1, 0.15) is 0 Å². The molecule has 168 valence electrons. The van der Waals surface area contributed by atoms with Crippen LogP contribution in [0.1, 0.15) is 36.5 Å². The summed E-state index contributed by atoms with van der Waals surface area (Å²) in [7, 11) is 0. The number of urea groups is 1. The molecule has 2 aliphatic heterocycles. The predicted molar refractivity (Wildman–Crippen MR) is 125 cm³/mol. The molecule has 2 fully saturated rings. The number of rotatable bonds is 7. The molecule has 3 N–H and O–H groups in total. The summed E-state index contributed by atoms with van der Waals surface area (Å²) in [6, 6.07) is 14.3. The Balaban J connectivity index is 1.31. The maximum Gasteiger partial charge on any atom is 0.321 e. The van der Waals surface area contributed by atoms with Crippen LogP contribution >= 0.6 is 0 Å². The molecule has 4 amide bonds. The number of anilines is 3. The lowest BCUT2D eigenvalue weighted by Gasteiger charge is -2.19. The Morgan fingerprint density at radius 3 is 2.53 bits per heavy atom. The summed E-state index contributed by atoms with van der Waals surface area (Å²) < 4.78 is 0. The normalized spacial score (nSPS) is 16.6. The SMILES string of the molecule is CC(CC(=O)Nc1cccc(N2CCCC2)c1)NC(=O)c1cccc(N2CCNC2=O)c1. The van der Waals surface area contributed by atoms with Gasteiger partial charge in [-0.2, -0.15) is 0 Å². The molecule has 4 rings (SSSR count). The summed E-state index contributed by atoms with van der Waals surface area (Å²) in [4.78, 5) is 41.0. The Morgan fingerprint density at radius 2 is 1.78 bits per heavy atom. The molecule has 2 saturated heterocycles. The minimum Gasteiger partial charge on any atom is -0.371 e. The Bertz CT molecular complexity index is 1000. The number of benzene rings is 2. The van der Waals surface area contributed by atoms with Crippen molar-refractivity contribution in [2.45, 2.75) is 32.2 Å². The van der Waals surface area contributed by atoms with Gasteiger partial charge in [-0.05, 0) is 56.2 Å². The number of amides is 4. The van der Waals surface area contributed by atoms with Crippen LogP contribution in [0.4, 0.5) is 21.9 Å². The molecule has 0 aromatic heterocycles. The first-order chi connectivity index (χ1) is 15.5. The van der Waals surface area contributed by atoms with Gasteiger partial charge in [0.2, 0.25) is 5.91 Å². The second kappa shape index (κ2) is 9.72. The third kappa shape index (κ3) is 5.19. The number of nitrogens with zero attached hydrogens (tertiary/aromatic N) is 2. The third-order valence-electron chi connectivity index (χ3n) is 5.75. The van der Waals surface area contributed by atoms with Crippen LogP contribution in [0.2, 0.25) is 0 Å². The second-order valence-corrected chi connectivity index (χ2v) is 8.31. The molecule has 0 saturated carbocycles. The fourth-order valence-corrected chi connectivity index (χ4v) is 4.14. The topological polar surface area (TPSA) is 93.8 Å². The molecule has 1 atom stereocenters. The third-order valence-corrected chi connectivity index (χ3v) is 5.75. The molecule has 0 bridgehead atoms. The van der Waals surface area contributed by atoms with Crippen molar-refractivity contribution < 1.29 is 14.4 Å². The van der Waals surface area contributed by atoms with E-state index >= 15 is 0 Å². The van der Waals surface area contributed by atoms with Crippen molar-refractivity contribution in [3.63, 3.8) is 0 Å². The smallest absolute Gasteiger partial charge is 0.321 e. The van der Waals surface area contributed by atoms with Crippen molar-refractivity contribution >= 4 is 34.9 Å². The molecule has 8 nitrogen and oxygen atoms in total. The minimum absolute atomic E-state index is 0.154. The highest BCUT2D eigenvalue weighted by molar-refractivity contribution is 5.99. The summed E-state index contributed by atoms with van der Waals surface area (Å²) in [6.07, 6.45) is 2.55. The largest absolute Gasteiger partial charge is 0.371 e. The zero-order chi connectivity index (χ0) is 22.5. The number of carbonyl (C=O) groups excluding carboxylic acids is 3. The number of nitrogens with one attached hydrogen (secondary N) is 3. The summed E-state index contributed by atoms with van der Waals surface area (Å²) in [5.41, 5.74) is 3.01. The van der Waals surface area contributed by atoms with Crippen molar-refractivity contribution in [3.8, 4) is 0 Å². The van der Waals surface area contributed by atoms with Crippen molar-refractivity contribution in [2.24, 2.45) is 0 Å². The molecular weight excluding hydrogens is 406 g/mol. The monoisotopic (exact) mass is 435 g/mol. The van der Waals surface area contributed by atoms with E-state index in [2.05, 4.69) is 26.9 Å². The average Bonchev–Trinajstić information content (AvgIpc) is 3.46. The van der Waals surface area contributed by atoms with Gasteiger partial charge in [-0.25, -0.2) is 4.79 Å². The zero-order valence-corrected chi connectivity index (χ0v) is 18.3. The molecule has 0 spiro atoms. The highest BCUT2D eigenvalue weighted by Gasteiger charge is 2.22. The van der Waals surface area contributed by atoms with Gasteiger partial charge in [-0.1, -0.05) is 12.1 Å². The van der Waals surface area contributed by atoms with Crippen LogP contribution in [0, 0.1) is 0 Å². The van der Waals surface area contributed by atoms with Crippen LogP contribution in [-0.4, -0.2) is 50.1 Å². The highest BCUT2D eigenvalue weighted by Crippen LogP contribution is 2.23. The molecule has 2 aromatic rings. The van der Waals surface area contributed by atoms with E-state index in [1.807, 2.05) is 18.2 Å². The van der Waals surface area contributed by atoms with E-state index in [1.165, 1.54) is 12.8 Å². The first-order valence-corrected chi connectivity index (χ1v) is 11.1. The summed E-state index contributed by atoms with van der Waals surface area (Å²) >= 11 is 0. The second-order valence-electron chi connectivity index (χ2n) is 8.31. The van der Waals surface area contributed by atoms with Gasteiger partial charge in [0, 0.05) is 61.3 Å².